The summed E-state index contributed by atoms with van der Waals surface area (Å²) in [5.41, 5.74) is 2.35. The zero-order valence-corrected chi connectivity index (χ0v) is 17.0. The fraction of sp³-hybridized carbons (Fsp3) is 0.350. The van der Waals surface area contributed by atoms with Gasteiger partial charge >= 0.3 is 0 Å². The van der Waals surface area contributed by atoms with Crippen molar-refractivity contribution in [2.24, 2.45) is 0 Å². The Balaban J connectivity index is 2.28. The summed E-state index contributed by atoms with van der Waals surface area (Å²) in [5, 5.41) is 37.8. The van der Waals surface area contributed by atoms with Crippen molar-refractivity contribution < 1.29 is 19.3 Å². The van der Waals surface area contributed by atoms with Gasteiger partial charge in [-0.2, -0.15) is 9.55 Å². The van der Waals surface area contributed by atoms with Crippen molar-refractivity contribution in [2.75, 3.05) is 46.7 Å². The van der Waals surface area contributed by atoms with E-state index in [0.29, 0.717) is 42.2 Å². The largest absolute Gasteiger partial charge is 0.612 e. The highest BCUT2D eigenvalue weighted by Gasteiger charge is 2.26. The number of aromatic nitrogens is 1. The van der Waals surface area contributed by atoms with Gasteiger partial charge in [0.15, 0.2) is 5.75 Å². The number of pyridine rings is 1. The number of nitrogens with one attached hydrogen (secondary N) is 2. The molecule has 1 heterocycles. The van der Waals surface area contributed by atoms with Gasteiger partial charge in [-0.15, -0.1) is 0 Å². The van der Waals surface area contributed by atoms with Crippen molar-refractivity contribution in [3.8, 4) is 22.8 Å². The minimum atomic E-state index is -0.442. The Hall–Kier alpha value is -3.17. The lowest BCUT2D eigenvalue weighted by Crippen LogP contribution is -2.37. The van der Waals surface area contributed by atoms with Crippen LogP contribution in [0.25, 0.3) is 22.2 Å². The summed E-state index contributed by atoms with van der Waals surface area (Å²) in [6.45, 7) is 1.07. The number of fused-ring (bicyclic) bond motifs is 2. The Labute approximate surface area is 168 Å². The van der Waals surface area contributed by atoms with E-state index in [1.807, 2.05) is 24.3 Å². The smallest absolute Gasteiger partial charge is 0.276 e. The van der Waals surface area contributed by atoms with Gasteiger partial charge in [-0.25, -0.2) is 5.21 Å². The first-order chi connectivity index (χ1) is 13.8. The summed E-state index contributed by atoms with van der Waals surface area (Å²) in [4.78, 5) is 2.82. The minimum absolute atomic E-state index is 0.124. The van der Waals surface area contributed by atoms with Gasteiger partial charge in [-0.1, -0.05) is 18.2 Å². The molecule has 0 amide bonds. The van der Waals surface area contributed by atoms with Gasteiger partial charge in [0, 0.05) is 29.9 Å². The molecule has 0 saturated carbocycles. The fourth-order valence-corrected chi connectivity index (χ4v) is 3.43. The van der Waals surface area contributed by atoms with Gasteiger partial charge in [0.1, 0.15) is 17.9 Å². The third kappa shape index (κ3) is 4.15. The van der Waals surface area contributed by atoms with E-state index in [1.54, 1.807) is 14.1 Å². The first-order valence-electron chi connectivity index (χ1n) is 9.23. The molecule has 0 saturated heterocycles. The second-order valence-corrected chi connectivity index (χ2v) is 7.31. The van der Waals surface area contributed by atoms with Gasteiger partial charge in [-0.3, -0.25) is 0 Å². The topological polar surface area (TPSA) is 116 Å². The molecule has 1 aromatic carbocycles. The van der Waals surface area contributed by atoms with Gasteiger partial charge in [0.05, 0.1) is 39.7 Å². The molecule has 3 N–H and O–H groups in total. The van der Waals surface area contributed by atoms with Crippen molar-refractivity contribution in [2.45, 2.75) is 6.42 Å². The molecule has 0 spiro atoms. The Morgan fingerprint density at radius 2 is 1.83 bits per heavy atom. The van der Waals surface area contributed by atoms with Crippen molar-refractivity contribution >= 4 is 16.6 Å². The Bertz CT molecular complexity index is 1050. The summed E-state index contributed by atoms with van der Waals surface area (Å²) >= 11 is 0. The average molecular weight is 402 g/mol. The molecule has 0 radical (unpaired) electrons. The van der Waals surface area contributed by atoms with E-state index >= 15 is 0 Å². The van der Waals surface area contributed by atoms with Crippen LogP contribution >= 0.6 is 0 Å². The average Bonchev–Trinajstić information content (AvgIpc) is 2.68. The van der Waals surface area contributed by atoms with E-state index in [9.17, 15) is 15.6 Å². The second-order valence-electron chi connectivity index (χ2n) is 7.31. The van der Waals surface area contributed by atoms with Crippen molar-refractivity contribution in [1.82, 2.24) is 9.89 Å². The molecular formula is C20H26N4O5. The molecule has 0 atom stereocenters. The van der Waals surface area contributed by atoms with E-state index in [0.717, 1.165) is 10.9 Å². The summed E-state index contributed by atoms with van der Waals surface area (Å²) < 4.78 is 10.6. The Morgan fingerprint density at radius 1 is 1.14 bits per heavy atom. The highest BCUT2D eigenvalue weighted by molar-refractivity contribution is 6.01. The van der Waals surface area contributed by atoms with Crippen LogP contribution in [0.2, 0.25) is 0 Å². The van der Waals surface area contributed by atoms with Crippen LogP contribution in [-0.4, -0.2) is 56.2 Å². The number of methoxy groups -OCH3 is 2. The molecule has 156 valence electrons. The molecular weight excluding hydrogens is 376 g/mol. The van der Waals surface area contributed by atoms with Crippen LogP contribution in [0.5, 0.6) is 11.5 Å². The normalized spacial score (nSPS) is 11.6. The lowest BCUT2D eigenvalue weighted by Gasteiger charge is -2.22. The van der Waals surface area contributed by atoms with Crippen molar-refractivity contribution in [1.29, 1.82) is 0 Å². The maximum Gasteiger partial charge on any atom is 0.276 e. The van der Waals surface area contributed by atoms with Gasteiger partial charge in [-0.05, 0) is 6.07 Å². The van der Waals surface area contributed by atoms with E-state index < -0.39 is 4.90 Å². The molecule has 0 aromatic heterocycles. The number of aromatic amines is 1. The quantitative estimate of drug-likeness (QED) is 0.242. The monoisotopic (exact) mass is 402 g/mol. The molecule has 29 heavy (non-hydrogen) atoms. The number of quaternary nitrogens is 1. The zero-order chi connectivity index (χ0) is 21.2. The number of hydrogen-bond donors (Lipinski definition) is 3. The first-order valence-corrected chi connectivity index (χ1v) is 9.23. The Morgan fingerprint density at radius 3 is 2.45 bits per heavy atom. The van der Waals surface area contributed by atoms with Gasteiger partial charge in [0.2, 0.25) is 0 Å². The number of benzene rings is 2. The minimum Gasteiger partial charge on any atom is -0.612 e. The predicted molar refractivity (Wildman–Crippen MR) is 112 cm³/mol. The summed E-state index contributed by atoms with van der Waals surface area (Å²) in [5.74, 6) is 0.573. The number of anilines is 1. The highest BCUT2D eigenvalue weighted by Crippen LogP contribution is 2.39. The molecule has 2 aliphatic rings. The van der Waals surface area contributed by atoms with Crippen LogP contribution in [-0.2, 0) is 0 Å². The molecule has 9 nitrogen and oxygen atoms in total. The number of hydrogen-bond acceptors (Lipinski definition) is 6. The maximum atomic E-state index is 12.0. The van der Waals surface area contributed by atoms with E-state index in [2.05, 4.69) is 10.3 Å². The van der Waals surface area contributed by atoms with Gasteiger partial charge < -0.3 is 30.2 Å². The summed E-state index contributed by atoms with van der Waals surface area (Å²) in [6.07, 6.45) is 0.673. The third-order valence-corrected chi connectivity index (χ3v) is 4.74. The predicted octanol–water partition coefficient (Wildman–Crippen LogP) is 2.33. The first kappa shape index (κ1) is 20.6. The third-order valence-electron chi connectivity index (χ3n) is 4.74. The van der Waals surface area contributed by atoms with Crippen LogP contribution in [0.15, 0.2) is 30.3 Å². The molecule has 1 aliphatic carbocycles. The second kappa shape index (κ2) is 8.06. The SMILES string of the molecule is COc1cc(OC)c(=[N+]([O-])[O-])c2c(NCCC[N+](C)(C)O)c3ccccc3[nH]c1-2. The van der Waals surface area contributed by atoms with E-state index in [-0.39, 0.29) is 15.8 Å². The molecule has 9 heteroatoms. The maximum absolute atomic E-state index is 12.0. The van der Waals surface area contributed by atoms with Crippen LogP contribution in [0.1, 0.15) is 6.42 Å². The number of ether oxygens (including phenoxy) is 2. The van der Waals surface area contributed by atoms with Crippen LogP contribution < -0.4 is 25.0 Å². The van der Waals surface area contributed by atoms with E-state index in [4.69, 9.17) is 9.47 Å². The number of para-hydroxylation sites is 1. The molecule has 0 unspecified atom stereocenters. The molecule has 0 bridgehead atoms. The fourth-order valence-electron chi connectivity index (χ4n) is 3.43. The number of rotatable bonds is 7. The summed E-state index contributed by atoms with van der Waals surface area (Å²) in [7, 11) is 6.30. The molecule has 1 aromatic rings. The summed E-state index contributed by atoms with van der Waals surface area (Å²) in [6, 6.07) is 9.09. The van der Waals surface area contributed by atoms with E-state index in [1.165, 1.54) is 20.3 Å². The van der Waals surface area contributed by atoms with Crippen molar-refractivity contribution in [3.05, 3.63) is 46.1 Å². The van der Waals surface area contributed by atoms with Crippen LogP contribution in [0.3, 0.4) is 0 Å². The number of H-pyrrole nitrogens is 1. The highest BCUT2D eigenvalue weighted by atomic mass is 16.8. The molecule has 1 aliphatic heterocycles. The standard InChI is InChI=1S/C20H26N4O5/c1-24(2,27)11-7-10-21-18-13-8-5-6-9-14(13)22-19-15(28-3)12-16(29-4)20(17(18)19)23(25)26/h5-6,8-9,12,21-22,27H,7,10-11H2,1-4H3. The lowest BCUT2D eigenvalue weighted by atomic mass is 10.00. The number of nitrogens with zero attached hydrogens (tertiary/aromatic N) is 2. The lowest BCUT2D eigenvalue weighted by molar-refractivity contribution is -1.07. The van der Waals surface area contributed by atoms with Crippen LogP contribution in [0, 0.1) is 10.4 Å². The molecule has 3 rings (SSSR count). The van der Waals surface area contributed by atoms with Gasteiger partial charge in [0.25, 0.3) is 5.36 Å². The van der Waals surface area contributed by atoms with Crippen LogP contribution in [0.4, 0.5) is 5.69 Å². The zero-order valence-electron chi connectivity index (χ0n) is 17.0. The number of hydroxylamine groups is 3. The molecule has 0 fully saturated rings. The Kier molecular flexibility index (Phi) is 5.71. The van der Waals surface area contributed by atoms with Crippen molar-refractivity contribution in [3.63, 3.8) is 0 Å².